The number of carbonyl (C=O) groups is 1. The first-order valence-electron chi connectivity index (χ1n) is 6.65. The quantitative estimate of drug-likeness (QED) is 0.870. The van der Waals surface area contributed by atoms with Gasteiger partial charge in [0.15, 0.2) is 0 Å². The van der Waals surface area contributed by atoms with Crippen molar-refractivity contribution in [2.45, 2.75) is 13.3 Å². The van der Waals surface area contributed by atoms with Gasteiger partial charge in [-0.05, 0) is 24.6 Å². The summed E-state index contributed by atoms with van der Waals surface area (Å²) in [6, 6.07) is 19.0. The first kappa shape index (κ1) is 15.9. The van der Waals surface area contributed by atoms with Crippen LogP contribution < -0.4 is 0 Å². The summed E-state index contributed by atoms with van der Waals surface area (Å²) in [6.07, 6.45) is 0.749. The van der Waals surface area contributed by atoms with Gasteiger partial charge in [-0.1, -0.05) is 48.5 Å². The van der Waals surface area contributed by atoms with Gasteiger partial charge >= 0.3 is 5.97 Å². The number of benzene rings is 2. The highest BCUT2D eigenvalue weighted by Gasteiger charge is 2.05. The predicted molar refractivity (Wildman–Crippen MR) is 79.6 cm³/mol. The van der Waals surface area contributed by atoms with E-state index in [9.17, 15) is 4.79 Å². The molecule has 106 valence electrons. The van der Waals surface area contributed by atoms with E-state index in [4.69, 9.17) is 9.84 Å². The summed E-state index contributed by atoms with van der Waals surface area (Å²) < 4.78 is 5.19. The lowest BCUT2D eigenvalue weighted by Crippen LogP contribution is -2.07. The topological polar surface area (TPSA) is 46.5 Å². The van der Waals surface area contributed by atoms with Crippen LogP contribution in [-0.4, -0.2) is 24.3 Å². The van der Waals surface area contributed by atoms with Crippen molar-refractivity contribution in [3.05, 3.63) is 71.8 Å². The number of aliphatic hydroxyl groups excluding tert-OH is 1. The Morgan fingerprint density at radius 2 is 1.50 bits per heavy atom. The minimum atomic E-state index is -0.262. The molecule has 2 aromatic rings. The number of aliphatic hydroxyl groups is 1. The molecule has 2 rings (SSSR count). The van der Waals surface area contributed by atoms with Crippen LogP contribution in [0.15, 0.2) is 60.7 Å². The van der Waals surface area contributed by atoms with Gasteiger partial charge in [0.2, 0.25) is 0 Å². The van der Waals surface area contributed by atoms with E-state index in [0.717, 1.165) is 6.42 Å². The van der Waals surface area contributed by atoms with E-state index < -0.39 is 0 Å². The fourth-order valence-corrected chi connectivity index (χ4v) is 1.56. The molecule has 0 aliphatic heterocycles. The van der Waals surface area contributed by atoms with Crippen LogP contribution in [0, 0.1) is 0 Å². The average molecular weight is 272 g/mol. The van der Waals surface area contributed by atoms with Crippen molar-refractivity contribution in [3.63, 3.8) is 0 Å². The van der Waals surface area contributed by atoms with Gasteiger partial charge in [0.1, 0.15) is 0 Å². The number of rotatable bonds is 4. The third-order valence-electron chi connectivity index (χ3n) is 2.48. The van der Waals surface area contributed by atoms with Crippen LogP contribution in [0.3, 0.4) is 0 Å². The average Bonchev–Trinajstić information content (AvgIpc) is 2.50. The maximum Gasteiger partial charge on any atom is 0.338 e. The lowest BCUT2D eigenvalue weighted by Gasteiger charge is -2.04. The zero-order chi connectivity index (χ0) is 14.6. The molecule has 3 heteroatoms. The van der Waals surface area contributed by atoms with E-state index in [0.29, 0.717) is 12.2 Å². The highest BCUT2D eigenvalue weighted by atomic mass is 16.5. The highest BCUT2D eigenvalue weighted by Crippen LogP contribution is 2.03. The Morgan fingerprint density at radius 1 is 1.00 bits per heavy atom. The monoisotopic (exact) mass is 272 g/mol. The molecule has 20 heavy (non-hydrogen) atoms. The van der Waals surface area contributed by atoms with Gasteiger partial charge in [-0.25, -0.2) is 4.79 Å². The SMILES string of the molecule is CCO.O=C(OCCc1ccccc1)c1ccccc1. The largest absolute Gasteiger partial charge is 0.462 e. The van der Waals surface area contributed by atoms with Crippen LogP contribution in [0.5, 0.6) is 0 Å². The molecule has 0 bridgehead atoms. The Hall–Kier alpha value is -2.13. The van der Waals surface area contributed by atoms with Gasteiger partial charge in [-0.15, -0.1) is 0 Å². The number of hydrogen-bond donors (Lipinski definition) is 1. The molecule has 0 spiro atoms. The second-order valence-corrected chi connectivity index (χ2v) is 4.05. The third-order valence-corrected chi connectivity index (χ3v) is 2.48. The van der Waals surface area contributed by atoms with E-state index in [1.165, 1.54) is 5.56 Å². The molecule has 0 amide bonds. The Balaban J connectivity index is 0.000000612. The van der Waals surface area contributed by atoms with Crippen molar-refractivity contribution >= 4 is 5.97 Å². The molecule has 0 fully saturated rings. The van der Waals surface area contributed by atoms with Crippen LogP contribution in [0.4, 0.5) is 0 Å². The summed E-state index contributed by atoms with van der Waals surface area (Å²) in [6.45, 7) is 2.34. The lowest BCUT2D eigenvalue weighted by atomic mass is 10.2. The number of ether oxygens (including phenoxy) is 1. The summed E-state index contributed by atoms with van der Waals surface area (Å²) in [5.41, 5.74) is 1.77. The minimum Gasteiger partial charge on any atom is -0.462 e. The van der Waals surface area contributed by atoms with Crippen molar-refractivity contribution in [1.29, 1.82) is 0 Å². The van der Waals surface area contributed by atoms with Crippen LogP contribution in [-0.2, 0) is 11.2 Å². The Labute approximate surface area is 119 Å². The molecule has 0 aliphatic carbocycles. The highest BCUT2D eigenvalue weighted by molar-refractivity contribution is 5.89. The molecule has 0 aromatic heterocycles. The van der Waals surface area contributed by atoms with Crippen molar-refractivity contribution in [3.8, 4) is 0 Å². The molecule has 0 radical (unpaired) electrons. The molecular weight excluding hydrogens is 252 g/mol. The van der Waals surface area contributed by atoms with E-state index in [-0.39, 0.29) is 12.6 Å². The number of carbonyl (C=O) groups excluding carboxylic acids is 1. The van der Waals surface area contributed by atoms with Gasteiger partial charge in [-0.2, -0.15) is 0 Å². The molecule has 0 saturated carbocycles. The number of esters is 1. The normalized spacial score (nSPS) is 9.30. The molecule has 3 nitrogen and oxygen atoms in total. The van der Waals surface area contributed by atoms with Crippen LogP contribution in [0.25, 0.3) is 0 Å². The van der Waals surface area contributed by atoms with Crippen molar-refractivity contribution in [2.24, 2.45) is 0 Å². The van der Waals surface area contributed by atoms with Gasteiger partial charge in [0.05, 0.1) is 12.2 Å². The molecular formula is C17H20O3. The lowest BCUT2D eigenvalue weighted by molar-refractivity contribution is 0.0509. The molecule has 0 aliphatic rings. The third kappa shape index (κ3) is 6.16. The molecule has 0 unspecified atom stereocenters. The summed E-state index contributed by atoms with van der Waals surface area (Å²) in [7, 11) is 0. The van der Waals surface area contributed by atoms with E-state index in [2.05, 4.69) is 0 Å². The molecule has 0 atom stereocenters. The summed E-state index contributed by atoms with van der Waals surface area (Å²) in [4.78, 5) is 11.6. The predicted octanol–water partition coefficient (Wildman–Crippen LogP) is 3.08. The van der Waals surface area contributed by atoms with Gasteiger partial charge in [0, 0.05) is 13.0 Å². The van der Waals surface area contributed by atoms with Gasteiger partial charge in [0.25, 0.3) is 0 Å². The van der Waals surface area contributed by atoms with Crippen molar-refractivity contribution in [2.75, 3.05) is 13.2 Å². The van der Waals surface area contributed by atoms with Crippen LogP contribution in [0.1, 0.15) is 22.8 Å². The fourth-order valence-electron chi connectivity index (χ4n) is 1.56. The maximum atomic E-state index is 11.6. The van der Waals surface area contributed by atoms with Crippen LogP contribution in [0.2, 0.25) is 0 Å². The van der Waals surface area contributed by atoms with E-state index in [1.54, 1.807) is 19.1 Å². The molecule has 2 aromatic carbocycles. The summed E-state index contributed by atoms with van der Waals surface area (Å²) >= 11 is 0. The second kappa shape index (κ2) is 9.75. The summed E-state index contributed by atoms with van der Waals surface area (Å²) in [5.74, 6) is -0.262. The Kier molecular flexibility index (Phi) is 7.77. The van der Waals surface area contributed by atoms with Gasteiger partial charge < -0.3 is 9.84 Å². The van der Waals surface area contributed by atoms with Gasteiger partial charge in [-0.3, -0.25) is 0 Å². The standard InChI is InChI=1S/C15H14O2.C2H6O/c16-15(14-9-5-2-6-10-14)17-12-11-13-7-3-1-4-8-13;1-2-3/h1-10H,11-12H2;3H,2H2,1H3. The Bertz CT molecular complexity index is 480. The molecule has 0 heterocycles. The van der Waals surface area contributed by atoms with Crippen LogP contribution >= 0.6 is 0 Å². The van der Waals surface area contributed by atoms with Crippen molar-refractivity contribution in [1.82, 2.24) is 0 Å². The molecule has 1 N–H and O–H groups in total. The minimum absolute atomic E-state index is 0.250. The van der Waals surface area contributed by atoms with E-state index in [1.807, 2.05) is 48.5 Å². The van der Waals surface area contributed by atoms with Crippen molar-refractivity contribution < 1.29 is 14.6 Å². The fraction of sp³-hybridized carbons (Fsp3) is 0.235. The smallest absolute Gasteiger partial charge is 0.338 e. The zero-order valence-electron chi connectivity index (χ0n) is 11.7. The first-order valence-corrected chi connectivity index (χ1v) is 6.65. The second-order valence-electron chi connectivity index (χ2n) is 4.05. The summed E-state index contributed by atoms with van der Waals surface area (Å²) in [5, 5.41) is 7.57. The first-order chi connectivity index (χ1) is 9.77. The van der Waals surface area contributed by atoms with E-state index >= 15 is 0 Å². The zero-order valence-corrected chi connectivity index (χ0v) is 11.7. The number of hydrogen-bond acceptors (Lipinski definition) is 3. The maximum absolute atomic E-state index is 11.6. The Morgan fingerprint density at radius 3 is 2.05 bits per heavy atom. The molecule has 0 saturated heterocycles.